The summed E-state index contributed by atoms with van der Waals surface area (Å²) in [5.74, 6) is 2.42. The fourth-order valence-electron chi connectivity index (χ4n) is 1.74. The molecule has 0 unspecified atom stereocenters. The number of hydrogen-bond acceptors (Lipinski definition) is 3. The number of benzene rings is 1. The molecule has 1 aromatic carbocycles. The van der Waals surface area contributed by atoms with Crippen LogP contribution in [-0.4, -0.2) is 40.5 Å². The van der Waals surface area contributed by atoms with E-state index in [1.165, 1.54) is 0 Å². The topological polar surface area (TPSA) is 40.5 Å². The summed E-state index contributed by atoms with van der Waals surface area (Å²) in [4.78, 5) is 14.0. The molecule has 16 heavy (non-hydrogen) atoms. The molecule has 1 aliphatic heterocycles. The fraction of sp³-hybridized carbons (Fsp3) is 0.417. The van der Waals surface area contributed by atoms with Crippen molar-refractivity contribution in [1.29, 1.82) is 0 Å². The Bertz CT molecular complexity index is 356. The van der Waals surface area contributed by atoms with Crippen molar-refractivity contribution in [3.8, 4) is 5.75 Å². The number of nitrogens with zero attached hydrogens (tertiary/aromatic N) is 1. The SMILES string of the molecule is O=C(c1ccc(O)cc1)N1CCCSCC1. The molecule has 1 aromatic rings. The lowest BCUT2D eigenvalue weighted by molar-refractivity contribution is 0.0768. The number of carbonyl (C=O) groups excluding carboxylic acids is 1. The third kappa shape index (κ3) is 2.70. The first-order valence-electron chi connectivity index (χ1n) is 5.43. The average Bonchev–Trinajstić information content (AvgIpc) is 2.57. The Labute approximate surface area is 99.5 Å². The fourth-order valence-corrected chi connectivity index (χ4v) is 2.62. The van der Waals surface area contributed by atoms with Gasteiger partial charge in [0.05, 0.1) is 0 Å². The first-order chi connectivity index (χ1) is 7.77. The van der Waals surface area contributed by atoms with Crippen LogP contribution < -0.4 is 0 Å². The number of hydrogen-bond donors (Lipinski definition) is 1. The molecule has 1 N–H and O–H groups in total. The molecule has 1 aliphatic rings. The largest absolute Gasteiger partial charge is 0.508 e. The van der Waals surface area contributed by atoms with Crippen LogP contribution in [0.25, 0.3) is 0 Å². The minimum absolute atomic E-state index is 0.0718. The molecule has 0 saturated carbocycles. The summed E-state index contributed by atoms with van der Waals surface area (Å²) in [5.41, 5.74) is 0.657. The summed E-state index contributed by atoms with van der Waals surface area (Å²) < 4.78 is 0. The molecular weight excluding hydrogens is 222 g/mol. The van der Waals surface area contributed by atoms with Crippen molar-refractivity contribution >= 4 is 17.7 Å². The maximum absolute atomic E-state index is 12.1. The van der Waals surface area contributed by atoms with Crippen LogP contribution in [0.2, 0.25) is 0 Å². The van der Waals surface area contributed by atoms with Crippen molar-refractivity contribution in [3.63, 3.8) is 0 Å². The third-order valence-electron chi connectivity index (χ3n) is 2.62. The van der Waals surface area contributed by atoms with E-state index in [2.05, 4.69) is 0 Å². The van der Waals surface area contributed by atoms with E-state index < -0.39 is 0 Å². The van der Waals surface area contributed by atoms with Crippen LogP contribution in [0.5, 0.6) is 5.75 Å². The number of thioether (sulfide) groups is 1. The number of rotatable bonds is 1. The van der Waals surface area contributed by atoms with Gasteiger partial charge < -0.3 is 10.0 Å². The summed E-state index contributed by atoms with van der Waals surface area (Å²) in [5, 5.41) is 9.17. The summed E-state index contributed by atoms with van der Waals surface area (Å²) in [6.45, 7) is 1.66. The van der Waals surface area contributed by atoms with Crippen LogP contribution >= 0.6 is 11.8 Å². The van der Waals surface area contributed by atoms with Crippen LogP contribution in [0.3, 0.4) is 0 Å². The summed E-state index contributed by atoms with van der Waals surface area (Å²) in [6, 6.07) is 6.46. The maximum Gasteiger partial charge on any atom is 0.253 e. The van der Waals surface area contributed by atoms with Gasteiger partial charge in [0.2, 0.25) is 0 Å². The molecule has 0 aliphatic carbocycles. The molecule has 0 bridgehead atoms. The number of phenolic OH excluding ortho intramolecular Hbond substituents is 1. The van der Waals surface area contributed by atoms with Gasteiger partial charge in [-0.05, 0) is 36.4 Å². The van der Waals surface area contributed by atoms with Gasteiger partial charge in [-0.15, -0.1) is 0 Å². The summed E-state index contributed by atoms with van der Waals surface area (Å²) >= 11 is 1.90. The Morgan fingerprint density at radius 3 is 2.69 bits per heavy atom. The van der Waals surface area contributed by atoms with Gasteiger partial charge in [0, 0.05) is 24.4 Å². The van der Waals surface area contributed by atoms with E-state index >= 15 is 0 Å². The standard InChI is InChI=1S/C12H15NO2S/c14-11-4-2-10(3-5-11)12(15)13-6-1-8-16-9-7-13/h2-5,14H,1,6-9H2. The van der Waals surface area contributed by atoms with E-state index in [9.17, 15) is 4.79 Å². The smallest absolute Gasteiger partial charge is 0.253 e. The Balaban J connectivity index is 2.08. The summed E-state index contributed by atoms with van der Waals surface area (Å²) in [6.07, 6.45) is 1.06. The molecule has 86 valence electrons. The van der Waals surface area contributed by atoms with Crippen molar-refractivity contribution in [2.75, 3.05) is 24.6 Å². The Hall–Kier alpha value is -1.16. The van der Waals surface area contributed by atoms with Crippen molar-refractivity contribution in [1.82, 2.24) is 4.90 Å². The molecule has 0 atom stereocenters. The number of amides is 1. The molecule has 0 spiro atoms. The second-order valence-corrected chi connectivity index (χ2v) is 5.03. The van der Waals surface area contributed by atoms with Gasteiger partial charge >= 0.3 is 0 Å². The predicted octanol–water partition coefficient (Wildman–Crippen LogP) is 1.97. The minimum Gasteiger partial charge on any atom is -0.508 e. The minimum atomic E-state index is 0.0718. The van der Waals surface area contributed by atoms with E-state index in [1.807, 2.05) is 16.7 Å². The van der Waals surface area contributed by atoms with Gasteiger partial charge in [0.1, 0.15) is 5.75 Å². The molecule has 0 aromatic heterocycles. The van der Waals surface area contributed by atoms with Crippen LogP contribution in [0.15, 0.2) is 24.3 Å². The van der Waals surface area contributed by atoms with Crippen molar-refractivity contribution in [2.45, 2.75) is 6.42 Å². The molecular formula is C12H15NO2S. The third-order valence-corrected chi connectivity index (χ3v) is 3.67. The zero-order valence-electron chi connectivity index (χ0n) is 9.06. The lowest BCUT2D eigenvalue weighted by Crippen LogP contribution is -2.32. The molecule has 1 heterocycles. The highest BCUT2D eigenvalue weighted by atomic mass is 32.2. The van der Waals surface area contributed by atoms with E-state index in [-0.39, 0.29) is 11.7 Å². The van der Waals surface area contributed by atoms with Crippen molar-refractivity contribution in [3.05, 3.63) is 29.8 Å². The molecule has 4 heteroatoms. The Morgan fingerprint density at radius 2 is 1.94 bits per heavy atom. The maximum atomic E-state index is 12.1. The number of phenols is 1. The monoisotopic (exact) mass is 237 g/mol. The van der Waals surface area contributed by atoms with Crippen LogP contribution in [-0.2, 0) is 0 Å². The molecule has 0 radical (unpaired) electrons. The molecule has 3 nitrogen and oxygen atoms in total. The van der Waals surface area contributed by atoms with Gasteiger partial charge in [-0.1, -0.05) is 0 Å². The normalized spacial score (nSPS) is 16.9. The zero-order chi connectivity index (χ0) is 11.4. The Morgan fingerprint density at radius 1 is 1.19 bits per heavy atom. The highest BCUT2D eigenvalue weighted by Gasteiger charge is 2.16. The van der Waals surface area contributed by atoms with Gasteiger partial charge in [-0.25, -0.2) is 0 Å². The number of aromatic hydroxyl groups is 1. The molecule has 1 fully saturated rings. The van der Waals surface area contributed by atoms with Crippen molar-refractivity contribution < 1.29 is 9.90 Å². The van der Waals surface area contributed by atoms with E-state index in [4.69, 9.17) is 5.11 Å². The molecule has 2 rings (SSSR count). The first kappa shape index (κ1) is 11.3. The van der Waals surface area contributed by atoms with E-state index in [0.29, 0.717) is 5.56 Å². The lowest BCUT2D eigenvalue weighted by atomic mass is 10.2. The second-order valence-electron chi connectivity index (χ2n) is 3.81. The van der Waals surface area contributed by atoms with Gasteiger partial charge in [0.25, 0.3) is 5.91 Å². The highest BCUT2D eigenvalue weighted by molar-refractivity contribution is 7.99. The van der Waals surface area contributed by atoms with Gasteiger partial charge in [-0.2, -0.15) is 11.8 Å². The highest BCUT2D eigenvalue weighted by Crippen LogP contribution is 2.15. The summed E-state index contributed by atoms with van der Waals surface area (Å²) in [7, 11) is 0. The van der Waals surface area contributed by atoms with E-state index in [1.54, 1.807) is 24.3 Å². The molecule has 1 amide bonds. The molecule has 1 saturated heterocycles. The lowest BCUT2D eigenvalue weighted by Gasteiger charge is -2.19. The van der Waals surface area contributed by atoms with Crippen LogP contribution in [0.1, 0.15) is 16.8 Å². The van der Waals surface area contributed by atoms with Crippen LogP contribution in [0, 0.1) is 0 Å². The average molecular weight is 237 g/mol. The van der Waals surface area contributed by atoms with Crippen LogP contribution in [0.4, 0.5) is 0 Å². The predicted molar refractivity (Wildman–Crippen MR) is 66.0 cm³/mol. The Kier molecular flexibility index (Phi) is 3.72. The van der Waals surface area contributed by atoms with Gasteiger partial charge in [0.15, 0.2) is 0 Å². The van der Waals surface area contributed by atoms with Gasteiger partial charge in [-0.3, -0.25) is 4.79 Å². The van der Waals surface area contributed by atoms with E-state index in [0.717, 1.165) is 31.0 Å². The zero-order valence-corrected chi connectivity index (χ0v) is 9.87. The first-order valence-corrected chi connectivity index (χ1v) is 6.59. The number of carbonyl (C=O) groups is 1. The van der Waals surface area contributed by atoms with Crippen molar-refractivity contribution in [2.24, 2.45) is 0 Å². The quantitative estimate of drug-likeness (QED) is 0.812. The second kappa shape index (κ2) is 5.25.